The number of anilines is 1. The van der Waals surface area contributed by atoms with Crippen molar-refractivity contribution < 1.29 is 13.2 Å². The number of nitrogens with zero attached hydrogens (tertiary/aromatic N) is 2. The summed E-state index contributed by atoms with van der Waals surface area (Å²) in [5.74, 6) is -0.804. The summed E-state index contributed by atoms with van der Waals surface area (Å²) in [4.78, 5) is 0. The molecule has 0 radical (unpaired) electrons. The molecule has 6 heteroatoms. The van der Waals surface area contributed by atoms with Gasteiger partial charge in [0.05, 0.1) is 0 Å². The van der Waals surface area contributed by atoms with Gasteiger partial charge >= 0.3 is 0 Å². The van der Waals surface area contributed by atoms with Crippen LogP contribution in [0.1, 0.15) is 5.89 Å². The van der Waals surface area contributed by atoms with Gasteiger partial charge < -0.3 is 9.73 Å². The van der Waals surface area contributed by atoms with Crippen molar-refractivity contribution in [2.45, 2.75) is 6.42 Å². The van der Waals surface area contributed by atoms with Gasteiger partial charge in [-0.15, -0.1) is 10.2 Å². The van der Waals surface area contributed by atoms with Crippen LogP contribution in [0.15, 0.2) is 52.9 Å². The van der Waals surface area contributed by atoms with Gasteiger partial charge in [0, 0.05) is 24.2 Å². The summed E-state index contributed by atoms with van der Waals surface area (Å²) in [6.07, 6.45) is 0.485. The number of benzene rings is 2. The van der Waals surface area contributed by atoms with Crippen molar-refractivity contribution in [3.63, 3.8) is 0 Å². The fourth-order valence-corrected chi connectivity index (χ4v) is 1.97. The van der Waals surface area contributed by atoms with Gasteiger partial charge in [0.1, 0.15) is 0 Å². The number of hydrogen-bond donors (Lipinski definition) is 1. The van der Waals surface area contributed by atoms with Gasteiger partial charge in [-0.3, -0.25) is 0 Å². The molecule has 4 nitrogen and oxygen atoms in total. The van der Waals surface area contributed by atoms with E-state index >= 15 is 0 Å². The minimum atomic E-state index is -0.880. The summed E-state index contributed by atoms with van der Waals surface area (Å²) in [6.45, 7) is 0.474. The van der Waals surface area contributed by atoms with E-state index in [1.54, 1.807) is 0 Å². The molecular formula is C16H13F2N3O. The van der Waals surface area contributed by atoms with Crippen molar-refractivity contribution in [1.29, 1.82) is 0 Å². The van der Waals surface area contributed by atoms with Gasteiger partial charge in [0.15, 0.2) is 11.6 Å². The normalized spacial score (nSPS) is 10.6. The highest BCUT2D eigenvalue weighted by Crippen LogP contribution is 2.17. The molecule has 3 rings (SSSR count). The van der Waals surface area contributed by atoms with E-state index in [1.165, 1.54) is 6.07 Å². The molecular weight excluding hydrogens is 288 g/mol. The minimum Gasteiger partial charge on any atom is -0.421 e. The molecule has 0 aliphatic carbocycles. The third kappa shape index (κ3) is 3.28. The molecule has 0 amide bonds. The Morgan fingerprint density at radius 3 is 2.55 bits per heavy atom. The first-order chi connectivity index (χ1) is 10.7. The Labute approximate surface area is 125 Å². The maximum atomic E-state index is 13.1. The molecule has 0 bridgehead atoms. The van der Waals surface area contributed by atoms with E-state index in [4.69, 9.17) is 4.42 Å². The molecule has 0 saturated carbocycles. The molecule has 0 spiro atoms. The van der Waals surface area contributed by atoms with Crippen LogP contribution in [0.5, 0.6) is 0 Å². The molecule has 0 aliphatic rings. The topological polar surface area (TPSA) is 51.0 Å². The van der Waals surface area contributed by atoms with E-state index in [1.807, 2.05) is 30.3 Å². The summed E-state index contributed by atoms with van der Waals surface area (Å²) < 4.78 is 31.4. The van der Waals surface area contributed by atoms with Crippen molar-refractivity contribution in [1.82, 2.24) is 10.2 Å². The highest BCUT2D eigenvalue weighted by atomic mass is 19.2. The third-order valence-electron chi connectivity index (χ3n) is 3.08. The van der Waals surface area contributed by atoms with Gasteiger partial charge in [-0.2, -0.15) is 0 Å². The van der Waals surface area contributed by atoms with Crippen LogP contribution in [0.2, 0.25) is 0 Å². The van der Waals surface area contributed by atoms with E-state index in [0.717, 1.165) is 17.7 Å². The Bertz CT molecular complexity index is 759. The van der Waals surface area contributed by atoms with Crippen molar-refractivity contribution >= 4 is 5.69 Å². The third-order valence-corrected chi connectivity index (χ3v) is 3.08. The summed E-state index contributed by atoms with van der Waals surface area (Å²) in [7, 11) is 0. The minimum absolute atomic E-state index is 0.462. The van der Waals surface area contributed by atoms with Crippen molar-refractivity contribution in [3.05, 3.63) is 66.1 Å². The quantitative estimate of drug-likeness (QED) is 0.781. The molecule has 112 valence electrons. The van der Waals surface area contributed by atoms with E-state index in [0.29, 0.717) is 30.4 Å². The summed E-state index contributed by atoms with van der Waals surface area (Å²) >= 11 is 0. The van der Waals surface area contributed by atoms with Crippen molar-refractivity contribution in [2.75, 3.05) is 11.9 Å². The van der Waals surface area contributed by atoms with Gasteiger partial charge in [0.25, 0.3) is 0 Å². The molecule has 0 atom stereocenters. The lowest BCUT2D eigenvalue weighted by Crippen LogP contribution is -2.05. The molecule has 0 saturated heterocycles. The van der Waals surface area contributed by atoms with Crippen LogP contribution >= 0.6 is 0 Å². The number of nitrogens with one attached hydrogen (secondary N) is 1. The lowest BCUT2D eigenvalue weighted by atomic mass is 10.2. The fourth-order valence-electron chi connectivity index (χ4n) is 1.97. The molecule has 1 aromatic heterocycles. The van der Waals surface area contributed by atoms with E-state index < -0.39 is 11.6 Å². The van der Waals surface area contributed by atoms with Gasteiger partial charge in [-0.25, -0.2) is 8.78 Å². The van der Waals surface area contributed by atoms with Crippen LogP contribution in [-0.2, 0) is 6.42 Å². The monoisotopic (exact) mass is 301 g/mol. The summed E-state index contributed by atoms with van der Waals surface area (Å²) in [5.41, 5.74) is 1.36. The average molecular weight is 301 g/mol. The van der Waals surface area contributed by atoms with E-state index in [2.05, 4.69) is 15.5 Å². The SMILES string of the molecule is Fc1ccc(NCCc2nnc(-c3ccccc3)o2)cc1F. The van der Waals surface area contributed by atoms with Crippen LogP contribution in [0.3, 0.4) is 0 Å². The molecule has 0 aliphatic heterocycles. The Morgan fingerprint density at radius 2 is 1.77 bits per heavy atom. The second-order valence-corrected chi connectivity index (χ2v) is 4.67. The lowest BCUT2D eigenvalue weighted by molar-refractivity contribution is 0.507. The lowest BCUT2D eigenvalue weighted by Gasteiger charge is -2.04. The first-order valence-corrected chi connectivity index (χ1v) is 6.79. The standard InChI is InChI=1S/C16H13F2N3O/c17-13-7-6-12(10-14(13)18)19-9-8-15-20-21-16(22-15)11-4-2-1-3-5-11/h1-7,10,19H,8-9H2. The molecule has 0 unspecified atom stereocenters. The number of aromatic nitrogens is 2. The Balaban J connectivity index is 1.58. The highest BCUT2D eigenvalue weighted by molar-refractivity contribution is 5.51. The zero-order chi connectivity index (χ0) is 15.4. The smallest absolute Gasteiger partial charge is 0.247 e. The van der Waals surface area contributed by atoms with Gasteiger partial charge in [-0.05, 0) is 30.3 Å². The highest BCUT2D eigenvalue weighted by Gasteiger charge is 2.08. The second kappa shape index (κ2) is 6.34. The number of rotatable bonds is 5. The van der Waals surface area contributed by atoms with Crippen LogP contribution in [0.25, 0.3) is 11.5 Å². The molecule has 3 aromatic rings. The number of halogens is 2. The van der Waals surface area contributed by atoms with Crippen LogP contribution < -0.4 is 5.32 Å². The maximum Gasteiger partial charge on any atom is 0.247 e. The van der Waals surface area contributed by atoms with Gasteiger partial charge in [-0.1, -0.05) is 18.2 Å². The van der Waals surface area contributed by atoms with Crippen LogP contribution in [0, 0.1) is 11.6 Å². The predicted molar refractivity (Wildman–Crippen MR) is 78.3 cm³/mol. The molecule has 22 heavy (non-hydrogen) atoms. The Kier molecular flexibility index (Phi) is 4.09. The van der Waals surface area contributed by atoms with E-state index in [-0.39, 0.29) is 0 Å². The van der Waals surface area contributed by atoms with Crippen molar-refractivity contribution in [2.24, 2.45) is 0 Å². The largest absolute Gasteiger partial charge is 0.421 e. The van der Waals surface area contributed by atoms with E-state index in [9.17, 15) is 8.78 Å². The predicted octanol–water partition coefficient (Wildman–Crippen LogP) is 3.67. The van der Waals surface area contributed by atoms with Crippen molar-refractivity contribution in [3.8, 4) is 11.5 Å². The van der Waals surface area contributed by atoms with Crippen LogP contribution in [0.4, 0.5) is 14.5 Å². The second-order valence-electron chi connectivity index (χ2n) is 4.67. The molecule has 0 fully saturated rings. The zero-order valence-electron chi connectivity index (χ0n) is 11.6. The van der Waals surface area contributed by atoms with Crippen LogP contribution in [-0.4, -0.2) is 16.7 Å². The average Bonchev–Trinajstić information content (AvgIpc) is 3.01. The molecule has 1 heterocycles. The summed E-state index contributed by atoms with van der Waals surface area (Å²) in [6, 6.07) is 13.1. The fraction of sp³-hybridized carbons (Fsp3) is 0.125. The Hall–Kier alpha value is -2.76. The number of hydrogen-bond acceptors (Lipinski definition) is 4. The summed E-state index contributed by atoms with van der Waals surface area (Å²) in [5, 5.41) is 10.9. The first-order valence-electron chi connectivity index (χ1n) is 6.79. The Morgan fingerprint density at radius 1 is 0.955 bits per heavy atom. The molecule has 2 aromatic carbocycles. The first kappa shape index (κ1) is 14.2. The maximum absolute atomic E-state index is 13.1. The zero-order valence-corrected chi connectivity index (χ0v) is 11.6. The molecule has 1 N–H and O–H groups in total. The van der Waals surface area contributed by atoms with Gasteiger partial charge in [0.2, 0.25) is 11.8 Å².